The topological polar surface area (TPSA) is 78.9 Å². The van der Waals surface area contributed by atoms with Crippen molar-refractivity contribution < 1.29 is 4.74 Å². The van der Waals surface area contributed by atoms with Crippen molar-refractivity contribution in [1.82, 2.24) is 19.7 Å². The molecule has 0 fully saturated rings. The van der Waals surface area contributed by atoms with E-state index >= 15 is 0 Å². The fourth-order valence-electron chi connectivity index (χ4n) is 1.85. The van der Waals surface area contributed by atoms with Gasteiger partial charge < -0.3 is 10.5 Å². The number of nitrogens with two attached hydrogens (primary N) is 1. The van der Waals surface area contributed by atoms with E-state index in [-0.39, 0.29) is 0 Å². The monoisotopic (exact) mass is 325 g/mol. The van der Waals surface area contributed by atoms with Gasteiger partial charge in [-0.05, 0) is 22.4 Å². The molecule has 2 rings (SSSR count). The Morgan fingerprint density at radius 3 is 2.74 bits per heavy atom. The summed E-state index contributed by atoms with van der Waals surface area (Å²) in [4.78, 5) is 8.82. The highest BCUT2D eigenvalue weighted by atomic mass is 79.9. The van der Waals surface area contributed by atoms with E-state index in [9.17, 15) is 0 Å². The quantitative estimate of drug-likeness (QED) is 0.929. The minimum Gasteiger partial charge on any atom is -0.383 e. The van der Waals surface area contributed by atoms with Crippen LogP contribution in [0.4, 0.5) is 5.82 Å². The summed E-state index contributed by atoms with van der Waals surface area (Å²) in [6.07, 6.45) is 2.72. The molecule has 6 nitrogen and oxygen atoms in total. The molecule has 0 saturated heterocycles. The van der Waals surface area contributed by atoms with Crippen LogP contribution in [-0.2, 0) is 24.8 Å². The van der Waals surface area contributed by atoms with E-state index in [0.29, 0.717) is 22.7 Å². The van der Waals surface area contributed by atoms with Crippen LogP contribution in [0.15, 0.2) is 10.7 Å². The van der Waals surface area contributed by atoms with Gasteiger partial charge in [-0.25, -0.2) is 9.97 Å². The van der Waals surface area contributed by atoms with Crippen molar-refractivity contribution in [3.05, 3.63) is 22.1 Å². The second-order valence-corrected chi connectivity index (χ2v) is 4.94. The molecule has 2 aromatic heterocycles. The number of ether oxygens (including phenoxy) is 1. The Morgan fingerprint density at radius 1 is 1.37 bits per heavy atom. The van der Waals surface area contributed by atoms with E-state index < -0.39 is 0 Å². The molecular formula is C12H16BrN5O. The Labute approximate surface area is 120 Å². The molecule has 2 N–H and O–H groups in total. The molecule has 19 heavy (non-hydrogen) atoms. The predicted octanol–water partition coefficient (Wildman–Crippen LogP) is 1.93. The molecule has 0 aliphatic carbocycles. The first kappa shape index (κ1) is 14.0. The van der Waals surface area contributed by atoms with Gasteiger partial charge in [0.15, 0.2) is 5.82 Å². The van der Waals surface area contributed by atoms with Crippen molar-refractivity contribution in [2.45, 2.75) is 20.0 Å². The number of aromatic nitrogens is 4. The maximum atomic E-state index is 5.91. The highest BCUT2D eigenvalue weighted by Gasteiger charge is 2.15. The molecule has 0 aliphatic rings. The van der Waals surface area contributed by atoms with Gasteiger partial charge in [-0.15, -0.1) is 0 Å². The summed E-state index contributed by atoms with van der Waals surface area (Å²) in [6, 6.07) is 0. The van der Waals surface area contributed by atoms with Crippen LogP contribution in [0.1, 0.15) is 18.3 Å². The van der Waals surface area contributed by atoms with Gasteiger partial charge in [-0.2, -0.15) is 5.10 Å². The highest BCUT2D eigenvalue weighted by molar-refractivity contribution is 9.10. The fraction of sp³-hybridized carbons (Fsp3) is 0.417. The van der Waals surface area contributed by atoms with E-state index in [2.05, 4.69) is 31.0 Å². The van der Waals surface area contributed by atoms with Crippen molar-refractivity contribution in [2.75, 3.05) is 12.8 Å². The third-order valence-electron chi connectivity index (χ3n) is 2.71. The largest absolute Gasteiger partial charge is 0.383 e. The summed E-state index contributed by atoms with van der Waals surface area (Å²) < 4.78 is 7.56. The Hall–Kier alpha value is -1.47. The summed E-state index contributed by atoms with van der Waals surface area (Å²) in [5, 5.41) is 4.39. The number of halogens is 1. The van der Waals surface area contributed by atoms with E-state index in [4.69, 9.17) is 10.5 Å². The van der Waals surface area contributed by atoms with Crippen LogP contribution in [-0.4, -0.2) is 26.9 Å². The van der Waals surface area contributed by atoms with E-state index in [0.717, 1.165) is 23.4 Å². The maximum absolute atomic E-state index is 5.91. The molecule has 2 heterocycles. The minimum atomic E-state index is 0.377. The zero-order valence-corrected chi connectivity index (χ0v) is 12.7. The van der Waals surface area contributed by atoms with Crippen LogP contribution in [0.5, 0.6) is 0 Å². The van der Waals surface area contributed by atoms with Crippen LogP contribution in [0.2, 0.25) is 0 Å². The lowest BCUT2D eigenvalue weighted by Crippen LogP contribution is -2.04. The Morgan fingerprint density at radius 2 is 2.11 bits per heavy atom. The zero-order valence-electron chi connectivity index (χ0n) is 11.1. The summed E-state index contributed by atoms with van der Waals surface area (Å²) >= 11 is 3.38. The van der Waals surface area contributed by atoms with Gasteiger partial charge in [0.2, 0.25) is 0 Å². The third kappa shape index (κ3) is 2.76. The normalized spacial score (nSPS) is 10.9. The summed E-state index contributed by atoms with van der Waals surface area (Å²) in [7, 11) is 3.49. The molecule has 0 atom stereocenters. The number of nitrogen functional groups attached to an aromatic ring is 1. The third-order valence-corrected chi connectivity index (χ3v) is 3.57. The molecule has 2 aromatic rings. The van der Waals surface area contributed by atoms with Crippen LogP contribution >= 0.6 is 15.9 Å². The lowest BCUT2D eigenvalue weighted by molar-refractivity contribution is 0.181. The molecule has 0 aromatic carbocycles. The van der Waals surface area contributed by atoms with Gasteiger partial charge in [-0.1, -0.05) is 6.92 Å². The second kappa shape index (κ2) is 5.66. The first-order valence-corrected chi connectivity index (χ1v) is 6.69. The Kier molecular flexibility index (Phi) is 4.16. The molecule has 0 radical (unpaired) electrons. The van der Waals surface area contributed by atoms with Crippen molar-refractivity contribution >= 4 is 21.7 Å². The molecule has 0 unspecified atom stereocenters. The molecule has 0 saturated carbocycles. The number of rotatable bonds is 4. The summed E-state index contributed by atoms with van der Waals surface area (Å²) in [6.45, 7) is 2.42. The summed E-state index contributed by atoms with van der Waals surface area (Å²) in [5.41, 5.74) is 8.49. The number of hydrogen-bond donors (Lipinski definition) is 1. The lowest BCUT2D eigenvalue weighted by atomic mass is 10.2. The molecular weight excluding hydrogens is 310 g/mol. The van der Waals surface area contributed by atoms with Crippen LogP contribution in [0.3, 0.4) is 0 Å². The van der Waals surface area contributed by atoms with Gasteiger partial charge in [0.1, 0.15) is 5.82 Å². The maximum Gasteiger partial charge on any atom is 0.165 e. The van der Waals surface area contributed by atoms with Crippen LogP contribution in [0.25, 0.3) is 11.4 Å². The van der Waals surface area contributed by atoms with E-state index in [1.807, 2.05) is 20.2 Å². The number of methoxy groups -OCH3 is 1. The average Bonchev–Trinajstić information content (AvgIpc) is 2.76. The highest BCUT2D eigenvalue weighted by Crippen LogP contribution is 2.27. The number of aryl methyl sites for hydroxylation is 2. The number of nitrogens with zero attached hydrogens (tertiary/aromatic N) is 4. The van der Waals surface area contributed by atoms with Gasteiger partial charge in [-0.3, -0.25) is 4.68 Å². The van der Waals surface area contributed by atoms with Crippen molar-refractivity contribution in [3.63, 3.8) is 0 Å². The van der Waals surface area contributed by atoms with Crippen molar-refractivity contribution in [3.8, 4) is 11.4 Å². The SMILES string of the molecule is CCc1nn(C)cc1-c1nc(N)c(Br)c(COC)n1. The molecule has 0 spiro atoms. The molecule has 102 valence electrons. The zero-order chi connectivity index (χ0) is 14.0. The van der Waals surface area contributed by atoms with Crippen LogP contribution < -0.4 is 5.73 Å². The molecule has 0 amide bonds. The standard InChI is InChI=1S/C12H16BrN5O/c1-4-8-7(5-18(2)17-8)12-15-9(6-19-3)10(13)11(14)16-12/h5H,4,6H2,1-3H3,(H2,14,15,16). The van der Waals surface area contributed by atoms with E-state index in [1.165, 1.54) is 0 Å². The molecule has 0 bridgehead atoms. The predicted molar refractivity (Wildman–Crippen MR) is 76.4 cm³/mol. The molecule has 0 aliphatic heterocycles. The number of anilines is 1. The minimum absolute atomic E-state index is 0.377. The van der Waals surface area contributed by atoms with E-state index in [1.54, 1.807) is 11.8 Å². The molecule has 7 heteroatoms. The van der Waals surface area contributed by atoms with Gasteiger partial charge in [0, 0.05) is 20.4 Å². The second-order valence-electron chi connectivity index (χ2n) is 4.14. The van der Waals surface area contributed by atoms with Gasteiger partial charge >= 0.3 is 0 Å². The van der Waals surface area contributed by atoms with Gasteiger partial charge in [0.05, 0.1) is 28.0 Å². The Bertz CT molecular complexity index is 596. The summed E-state index contributed by atoms with van der Waals surface area (Å²) in [5.74, 6) is 0.987. The first-order chi connectivity index (χ1) is 9.06. The Balaban J connectivity index is 2.55. The van der Waals surface area contributed by atoms with Gasteiger partial charge in [0.25, 0.3) is 0 Å². The average molecular weight is 326 g/mol. The first-order valence-electron chi connectivity index (χ1n) is 5.90. The lowest BCUT2D eigenvalue weighted by Gasteiger charge is -2.08. The number of hydrogen-bond acceptors (Lipinski definition) is 5. The smallest absolute Gasteiger partial charge is 0.165 e. The fourth-order valence-corrected chi connectivity index (χ4v) is 2.14. The van der Waals surface area contributed by atoms with Crippen molar-refractivity contribution in [1.29, 1.82) is 0 Å². The van der Waals surface area contributed by atoms with Crippen LogP contribution in [0, 0.1) is 0 Å². The van der Waals surface area contributed by atoms with Crippen molar-refractivity contribution in [2.24, 2.45) is 7.05 Å².